The Hall–Kier alpha value is -2.70. The fourth-order valence-corrected chi connectivity index (χ4v) is 2.92. The van der Waals surface area contributed by atoms with E-state index < -0.39 is 24.0 Å². The molecule has 0 fully saturated rings. The van der Waals surface area contributed by atoms with Crippen LogP contribution in [0.5, 0.6) is 0 Å². The standard InChI is InChI=1S/C19H25N3O4/c1-5-12(4)16(17(23)21-15(11(2)3)19(25)26)22-10-20-14-9-7-6-8-13(14)18(22)24/h6-12,15-16H,5H2,1-4H3,(H,21,23)(H,25,26)/t12-,15-,16-/m0/s1. The molecule has 0 unspecified atom stereocenters. The van der Waals surface area contributed by atoms with Gasteiger partial charge in [0.1, 0.15) is 12.1 Å². The highest BCUT2D eigenvalue weighted by Gasteiger charge is 2.32. The number of amides is 1. The number of carbonyl (C=O) groups excluding carboxylic acids is 1. The molecule has 1 aromatic heterocycles. The normalized spacial score (nSPS) is 14.8. The number of fused-ring (bicyclic) bond motifs is 1. The topological polar surface area (TPSA) is 101 Å². The lowest BCUT2D eigenvalue weighted by molar-refractivity contribution is -0.144. The molecule has 1 heterocycles. The molecule has 1 amide bonds. The van der Waals surface area contributed by atoms with E-state index in [0.717, 1.165) is 0 Å². The van der Waals surface area contributed by atoms with Crippen molar-refractivity contribution in [2.75, 3.05) is 0 Å². The van der Waals surface area contributed by atoms with E-state index in [-0.39, 0.29) is 17.4 Å². The van der Waals surface area contributed by atoms with Crippen molar-refractivity contribution in [3.05, 3.63) is 40.9 Å². The summed E-state index contributed by atoms with van der Waals surface area (Å²) in [4.78, 5) is 41.5. The Morgan fingerprint density at radius 1 is 1.23 bits per heavy atom. The first kappa shape index (κ1) is 19.6. The first-order valence-corrected chi connectivity index (χ1v) is 8.77. The third-order valence-corrected chi connectivity index (χ3v) is 4.67. The molecular formula is C19H25N3O4. The number of carboxylic acid groups (broad SMARTS) is 1. The largest absolute Gasteiger partial charge is 0.480 e. The number of nitrogens with one attached hydrogen (secondary N) is 1. The maximum atomic E-state index is 12.9. The van der Waals surface area contributed by atoms with Crippen molar-refractivity contribution in [1.29, 1.82) is 0 Å². The summed E-state index contributed by atoms with van der Waals surface area (Å²) in [6, 6.07) is 5.09. The number of benzene rings is 1. The molecule has 26 heavy (non-hydrogen) atoms. The third-order valence-electron chi connectivity index (χ3n) is 4.67. The molecule has 0 spiro atoms. The van der Waals surface area contributed by atoms with Crippen LogP contribution in [-0.4, -0.2) is 32.6 Å². The quantitative estimate of drug-likeness (QED) is 0.789. The average Bonchev–Trinajstić information content (AvgIpc) is 2.61. The Kier molecular flexibility index (Phi) is 6.13. The predicted molar refractivity (Wildman–Crippen MR) is 98.9 cm³/mol. The summed E-state index contributed by atoms with van der Waals surface area (Å²) in [5.74, 6) is -2.03. The fourth-order valence-electron chi connectivity index (χ4n) is 2.92. The SMILES string of the molecule is CC[C@H](C)[C@@H](C(=O)N[C@H](C(=O)O)C(C)C)n1cnc2ccccc2c1=O. The molecule has 2 aromatic rings. The number of hydrogen-bond acceptors (Lipinski definition) is 4. The van der Waals surface area contributed by atoms with Gasteiger partial charge in [0.2, 0.25) is 5.91 Å². The Balaban J connectivity index is 2.48. The van der Waals surface area contributed by atoms with Crippen LogP contribution in [0, 0.1) is 11.8 Å². The molecule has 0 bridgehead atoms. The fraction of sp³-hybridized carbons (Fsp3) is 0.474. The second-order valence-corrected chi connectivity index (χ2v) is 6.87. The molecule has 0 aliphatic rings. The van der Waals surface area contributed by atoms with Crippen LogP contribution in [0.3, 0.4) is 0 Å². The Bertz CT molecular complexity index is 859. The van der Waals surface area contributed by atoms with E-state index >= 15 is 0 Å². The minimum atomic E-state index is -1.10. The van der Waals surface area contributed by atoms with Gasteiger partial charge in [-0.15, -0.1) is 0 Å². The van der Waals surface area contributed by atoms with Crippen LogP contribution in [0.4, 0.5) is 0 Å². The molecule has 7 nitrogen and oxygen atoms in total. The van der Waals surface area contributed by atoms with Gasteiger partial charge in [-0.1, -0.05) is 46.2 Å². The van der Waals surface area contributed by atoms with Gasteiger partial charge in [0.05, 0.1) is 17.2 Å². The van der Waals surface area contributed by atoms with Crippen molar-refractivity contribution in [3.63, 3.8) is 0 Å². The molecule has 2 N–H and O–H groups in total. The van der Waals surface area contributed by atoms with Crippen LogP contribution in [0.15, 0.2) is 35.4 Å². The first-order chi connectivity index (χ1) is 12.3. The van der Waals surface area contributed by atoms with Crippen molar-refractivity contribution in [2.24, 2.45) is 11.8 Å². The van der Waals surface area contributed by atoms with Crippen LogP contribution in [0.25, 0.3) is 10.9 Å². The molecule has 140 valence electrons. The lowest BCUT2D eigenvalue weighted by Crippen LogP contribution is -2.49. The van der Waals surface area contributed by atoms with Crippen molar-refractivity contribution in [2.45, 2.75) is 46.2 Å². The Morgan fingerprint density at radius 2 is 1.88 bits per heavy atom. The van der Waals surface area contributed by atoms with Gasteiger partial charge in [0.15, 0.2) is 0 Å². The average molecular weight is 359 g/mol. The first-order valence-electron chi connectivity index (χ1n) is 8.77. The lowest BCUT2D eigenvalue weighted by Gasteiger charge is -2.27. The van der Waals surface area contributed by atoms with E-state index in [1.807, 2.05) is 13.8 Å². The second-order valence-electron chi connectivity index (χ2n) is 6.87. The molecule has 0 aliphatic carbocycles. The summed E-state index contributed by atoms with van der Waals surface area (Å²) < 4.78 is 1.31. The summed E-state index contributed by atoms with van der Waals surface area (Å²) in [6.07, 6.45) is 2.02. The monoisotopic (exact) mass is 359 g/mol. The maximum Gasteiger partial charge on any atom is 0.326 e. The predicted octanol–water partition coefficient (Wildman–Crippen LogP) is 2.21. The molecule has 0 radical (unpaired) electrons. The molecule has 0 saturated heterocycles. The zero-order valence-corrected chi connectivity index (χ0v) is 15.5. The minimum Gasteiger partial charge on any atom is -0.480 e. The number of carbonyl (C=O) groups is 2. The molecule has 1 aromatic carbocycles. The number of rotatable bonds is 7. The molecule has 2 rings (SSSR count). The van der Waals surface area contributed by atoms with E-state index in [0.29, 0.717) is 17.3 Å². The van der Waals surface area contributed by atoms with Crippen molar-refractivity contribution in [3.8, 4) is 0 Å². The maximum absolute atomic E-state index is 12.9. The van der Waals surface area contributed by atoms with Gasteiger partial charge >= 0.3 is 5.97 Å². The molecule has 3 atom stereocenters. The molecular weight excluding hydrogens is 334 g/mol. The number of aromatic nitrogens is 2. The van der Waals surface area contributed by atoms with E-state index in [1.165, 1.54) is 10.9 Å². The highest BCUT2D eigenvalue weighted by Crippen LogP contribution is 2.21. The van der Waals surface area contributed by atoms with Gasteiger partial charge in [0.25, 0.3) is 5.56 Å². The smallest absolute Gasteiger partial charge is 0.326 e. The highest BCUT2D eigenvalue weighted by molar-refractivity contribution is 5.86. The van der Waals surface area contributed by atoms with Crippen LogP contribution in [-0.2, 0) is 9.59 Å². The van der Waals surface area contributed by atoms with Crippen molar-refractivity contribution >= 4 is 22.8 Å². The van der Waals surface area contributed by atoms with E-state index in [2.05, 4.69) is 10.3 Å². The van der Waals surface area contributed by atoms with Crippen molar-refractivity contribution in [1.82, 2.24) is 14.9 Å². The van der Waals surface area contributed by atoms with Crippen LogP contribution in [0.2, 0.25) is 0 Å². The van der Waals surface area contributed by atoms with Gasteiger partial charge < -0.3 is 10.4 Å². The van der Waals surface area contributed by atoms with E-state index in [1.54, 1.807) is 38.1 Å². The minimum absolute atomic E-state index is 0.169. The molecule has 7 heteroatoms. The number of hydrogen-bond donors (Lipinski definition) is 2. The van der Waals surface area contributed by atoms with Gasteiger partial charge in [-0.25, -0.2) is 9.78 Å². The number of para-hydroxylation sites is 1. The highest BCUT2D eigenvalue weighted by atomic mass is 16.4. The summed E-state index contributed by atoms with van der Waals surface area (Å²) in [5.41, 5.74) is 0.245. The van der Waals surface area contributed by atoms with Gasteiger partial charge in [0, 0.05) is 0 Å². The summed E-state index contributed by atoms with van der Waals surface area (Å²) >= 11 is 0. The number of carboxylic acids is 1. The van der Waals surface area contributed by atoms with Crippen LogP contribution >= 0.6 is 0 Å². The number of nitrogens with zero attached hydrogens (tertiary/aromatic N) is 2. The van der Waals surface area contributed by atoms with Crippen LogP contribution < -0.4 is 10.9 Å². The Labute approximate surface area is 152 Å². The second kappa shape index (κ2) is 8.12. The van der Waals surface area contributed by atoms with Crippen LogP contribution in [0.1, 0.15) is 40.2 Å². The van der Waals surface area contributed by atoms with Gasteiger partial charge in [-0.05, 0) is 24.0 Å². The zero-order chi connectivity index (χ0) is 19.4. The van der Waals surface area contributed by atoms with Crippen molar-refractivity contribution < 1.29 is 14.7 Å². The van der Waals surface area contributed by atoms with E-state index in [9.17, 15) is 19.5 Å². The van der Waals surface area contributed by atoms with E-state index in [4.69, 9.17) is 0 Å². The number of aliphatic carboxylic acids is 1. The summed E-state index contributed by atoms with van der Waals surface area (Å²) in [5, 5.41) is 12.3. The summed E-state index contributed by atoms with van der Waals surface area (Å²) in [6.45, 7) is 7.22. The molecule has 0 saturated carbocycles. The third kappa shape index (κ3) is 3.92. The van der Waals surface area contributed by atoms with Gasteiger partial charge in [-0.3, -0.25) is 14.2 Å². The Morgan fingerprint density at radius 3 is 2.46 bits per heavy atom. The molecule has 0 aliphatic heterocycles. The summed E-state index contributed by atoms with van der Waals surface area (Å²) in [7, 11) is 0. The lowest BCUT2D eigenvalue weighted by atomic mass is 9.96. The zero-order valence-electron chi connectivity index (χ0n) is 15.5. The van der Waals surface area contributed by atoms with Gasteiger partial charge in [-0.2, -0.15) is 0 Å².